The van der Waals surface area contributed by atoms with Crippen LogP contribution in [0.15, 0.2) is 29.6 Å². The summed E-state index contributed by atoms with van der Waals surface area (Å²) in [6.07, 6.45) is 6.58. The van der Waals surface area contributed by atoms with Crippen molar-refractivity contribution in [1.82, 2.24) is 19.9 Å². The number of amides is 1. The predicted octanol–water partition coefficient (Wildman–Crippen LogP) is 2.27. The molecular formula is C14H18N4OS. The zero-order chi connectivity index (χ0) is 13.9. The summed E-state index contributed by atoms with van der Waals surface area (Å²) in [4.78, 5) is 12.2. The molecule has 1 aliphatic carbocycles. The number of carbonyl (C=O) groups excluding carboxylic acids is 1. The van der Waals surface area contributed by atoms with Crippen LogP contribution in [0.2, 0.25) is 0 Å². The molecule has 0 bridgehead atoms. The summed E-state index contributed by atoms with van der Waals surface area (Å²) in [6, 6.07) is 6.12. The number of pyridine rings is 1. The molecule has 2 heterocycles. The summed E-state index contributed by atoms with van der Waals surface area (Å²) in [6.45, 7) is 1.92. The van der Waals surface area contributed by atoms with E-state index in [1.807, 2.05) is 35.7 Å². The Kier molecular flexibility index (Phi) is 3.91. The second-order valence-electron chi connectivity index (χ2n) is 5.16. The fourth-order valence-electron chi connectivity index (χ4n) is 2.50. The zero-order valence-corrected chi connectivity index (χ0v) is 12.3. The summed E-state index contributed by atoms with van der Waals surface area (Å²) in [5.74, 6) is 0.0922. The molecule has 1 atom stereocenters. The molecule has 106 valence electrons. The first-order valence-electron chi connectivity index (χ1n) is 7.01. The van der Waals surface area contributed by atoms with Crippen LogP contribution in [0, 0.1) is 0 Å². The fraction of sp³-hybridized carbons (Fsp3) is 0.500. The Hall–Kier alpha value is -1.56. The Bertz CT molecular complexity index is 606. The molecule has 1 N–H and O–H groups in total. The maximum atomic E-state index is 12.2. The molecule has 20 heavy (non-hydrogen) atoms. The van der Waals surface area contributed by atoms with Gasteiger partial charge in [0.25, 0.3) is 0 Å². The van der Waals surface area contributed by atoms with Gasteiger partial charge in [0.1, 0.15) is 0 Å². The van der Waals surface area contributed by atoms with Gasteiger partial charge in [-0.05, 0) is 31.9 Å². The van der Waals surface area contributed by atoms with Gasteiger partial charge in [-0.3, -0.25) is 9.20 Å². The Morgan fingerprint density at radius 1 is 1.40 bits per heavy atom. The lowest BCUT2D eigenvalue weighted by Crippen LogP contribution is -2.37. The van der Waals surface area contributed by atoms with Crippen LogP contribution in [0.1, 0.15) is 32.6 Å². The van der Waals surface area contributed by atoms with Gasteiger partial charge in [0.15, 0.2) is 10.8 Å². The maximum Gasteiger partial charge on any atom is 0.233 e. The number of hydrogen-bond acceptors (Lipinski definition) is 4. The van der Waals surface area contributed by atoms with Gasteiger partial charge in [-0.1, -0.05) is 30.7 Å². The monoisotopic (exact) mass is 290 g/mol. The van der Waals surface area contributed by atoms with Gasteiger partial charge < -0.3 is 5.32 Å². The molecule has 6 heteroatoms. The molecule has 1 amide bonds. The first-order chi connectivity index (χ1) is 9.74. The lowest BCUT2D eigenvalue weighted by atomic mass is 10.2. The summed E-state index contributed by atoms with van der Waals surface area (Å²) in [7, 11) is 0. The van der Waals surface area contributed by atoms with E-state index in [2.05, 4.69) is 15.5 Å². The summed E-state index contributed by atoms with van der Waals surface area (Å²) >= 11 is 1.45. The standard InChI is InChI=1S/C14H18N4OS/c1-10(13(19)15-11-6-2-3-7-11)20-14-17-16-12-8-4-5-9-18(12)14/h4-5,8-11H,2-3,6-7H2,1H3,(H,15,19)/t10-/m0/s1. The topological polar surface area (TPSA) is 59.3 Å². The highest BCUT2D eigenvalue weighted by atomic mass is 32.2. The van der Waals surface area contributed by atoms with E-state index in [4.69, 9.17) is 0 Å². The minimum Gasteiger partial charge on any atom is -0.352 e. The number of carbonyl (C=O) groups is 1. The second-order valence-corrected chi connectivity index (χ2v) is 6.47. The van der Waals surface area contributed by atoms with Crippen molar-refractivity contribution in [1.29, 1.82) is 0 Å². The number of rotatable bonds is 4. The van der Waals surface area contributed by atoms with E-state index >= 15 is 0 Å². The minimum atomic E-state index is -0.164. The normalized spacial score (nSPS) is 17.4. The average molecular weight is 290 g/mol. The van der Waals surface area contributed by atoms with E-state index in [0.29, 0.717) is 6.04 Å². The lowest BCUT2D eigenvalue weighted by molar-refractivity contribution is -0.120. The molecule has 0 saturated heterocycles. The van der Waals surface area contributed by atoms with Crippen LogP contribution in [0.5, 0.6) is 0 Å². The Balaban J connectivity index is 1.65. The molecule has 3 rings (SSSR count). The van der Waals surface area contributed by atoms with Crippen molar-refractivity contribution in [2.45, 2.75) is 49.1 Å². The summed E-state index contributed by atoms with van der Waals surface area (Å²) in [5.41, 5.74) is 0.804. The SMILES string of the molecule is C[C@H](Sc1nnc2ccccn12)C(=O)NC1CCCC1. The van der Waals surface area contributed by atoms with Gasteiger partial charge in [0.2, 0.25) is 5.91 Å². The van der Waals surface area contributed by atoms with Gasteiger partial charge in [0, 0.05) is 12.2 Å². The fourth-order valence-corrected chi connectivity index (χ4v) is 3.35. The van der Waals surface area contributed by atoms with Gasteiger partial charge in [-0.25, -0.2) is 0 Å². The van der Waals surface area contributed by atoms with Crippen LogP contribution in [0.3, 0.4) is 0 Å². The summed E-state index contributed by atoms with van der Waals surface area (Å²) < 4.78 is 1.91. The number of nitrogens with one attached hydrogen (secondary N) is 1. The van der Waals surface area contributed by atoms with Crippen LogP contribution in [-0.4, -0.2) is 31.8 Å². The van der Waals surface area contributed by atoms with Gasteiger partial charge in [0.05, 0.1) is 5.25 Å². The van der Waals surface area contributed by atoms with E-state index in [0.717, 1.165) is 23.6 Å². The van der Waals surface area contributed by atoms with E-state index in [1.165, 1.54) is 24.6 Å². The van der Waals surface area contributed by atoms with Crippen molar-refractivity contribution in [3.8, 4) is 0 Å². The predicted molar refractivity (Wildman–Crippen MR) is 78.7 cm³/mol. The number of thioether (sulfide) groups is 1. The van der Waals surface area contributed by atoms with Crippen LogP contribution in [0.25, 0.3) is 5.65 Å². The average Bonchev–Trinajstić information content (AvgIpc) is 3.09. The molecule has 1 saturated carbocycles. The molecule has 0 radical (unpaired) electrons. The molecule has 1 aliphatic rings. The van der Waals surface area contributed by atoms with Crippen molar-refractivity contribution >= 4 is 23.3 Å². The smallest absolute Gasteiger partial charge is 0.233 e. The second kappa shape index (κ2) is 5.83. The van der Waals surface area contributed by atoms with Crippen LogP contribution >= 0.6 is 11.8 Å². The third kappa shape index (κ3) is 2.80. The first-order valence-corrected chi connectivity index (χ1v) is 7.89. The number of fused-ring (bicyclic) bond motifs is 1. The highest BCUT2D eigenvalue weighted by Crippen LogP contribution is 2.23. The number of nitrogens with zero attached hydrogens (tertiary/aromatic N) is 3. The van der Waals surface area contributed by atoms with Crippen LogP contribution in [0.4, 0.5) is 0 Å². The highest BCUT2D eigenvalue weighted by Gasteiger charge is 2.22. The number of aromatic nitrogens is 3. The zero-order valence-electron chi connectivity index (χ0n) is 11.5. The quantitative estimate of drug-likeness (QED) is 0.878. The molecule has 2 aromatic heterocycles. The van der Waals surface area contributed by atoms with E-state index in [1.54, 1.807) is 0 Å². The third-order valence-electron chi connectivity index (χ3n) is 3.64. The van der Waals surface area contributed by atoms with Crippen molar-refractivity contribution in [2.75, 3.05) is 0 Å². The lowest BCUT2D eigenvalue weighted by Gasteiger charge is -2.15. The summed E-state index contributed by atoms with van der Waals surface area (Å²) in [5, 5.41) is 12.0. The number of hydrogen-bond donors (Lipinski definition) is 1. The van der Waals surface area contributed by atoms with Gasteiger partial charge >= 0.3 is 0 Å². The molecule has 5 nitrogen and oxygen atoms in total. The largest absolute Gasteiger partial charge is 0.352 e. The first kappa shape index (κ1) is 13.4. The Morgan fingerprint density at radius 2 is 2.20 bits per heavy atom. The Morgan fingerprint density at radius 3 is 3.00 bits per heavy atom. The van der Waals surface area contributed by atoms with E-state index in [-0.39, 0.29) is 11.2 Å². The van der Waals surface area contributed by atoms with Crippen molar-refractivity contribution in [2.24, 2.45) is 0 Å². The highest BCUT2D eigenvalue weighted by molar-refractivity contribution is 8.00. The minimum absolute atomic E-state index is 0.0922. The Labute approximate surface area is 122 Å². The van der Waals surface area contributed by atoms with Crippen molar-refractivity contribution < 1.29 is 4.79 Å². The van der Waals surface area contributed by atoms with Crippen LogP contribution < -0.4 is 5.32 Å². The molecule has 0 aliphatic heterocycles. The molecule has 0 unspecified atom stereocenters. The van der Waals surface area contributed by atoms with Gasteiger partial charge in [-0.2, -0.15) is 0 Å². The van der Waals surface area contributed by atoms with Crippen molar-refractivity contribution in [3.05, 3.63) is 24.4 Å². The third-order valence-corrected chi connectivity index (χ3v) is 4.69. The van der Waals surface area contributed by atoms with E-state index in [9.17, 15) is 4.79 Å². The molecule has 0 aromatic carbocycles. The molecule has 0 spiro atoms. The van der Waals surface area contributed by atoms with Crippen molar-refractivity contribution in [3.63, 3.8) is 0 Å². The van der Waals surface area contributed by atoms with Crippen LogP contribution in [-0.2, 0) is 4.79 Å². The maximum absolute atomic E-state index is 12.2. The van der Waals surface area contributed by atoms with Gasteiger partial charge in [-0.15, -0.1) is 10.2 Å². The molecule has 2 aromatic rings. The van der Waals surface area contributed by atoms with E-state index < -0.39 is 0 Å². The molecule has 1 fully saturated rings. The molecular weight excluding hydrogens is 272 g/mol.